The molecule has 172 valence electrons. The van der Waals surface area contributed by atoms with E-state index in [0.717, 1.165) is 50.7 Å². The second kappa shape index (κ2) is 13.1. The first kappa shape index (κ1) is 24.8. The molecule has 0 aliphatic carbocycles. The van der Waals surface area contributed by atoms with Gasteiger partial charge in [-0.1, -0.05) is 36.4 Å². The molecule has 0 radical (unpaired) electrons. The highest BCUT2D eigenvalue weighted by Crippen LogP contribution is 2.17. The fraction of sp³-hybridized carbons (Fsp3) is 0.348. The van der Waals surface area contributed by atoms with Gasteiger partial charge in [-0.2, -0.15) is 0 Å². The maximum Gasteiger partial charge on any atom is 0.414 e. The highest BCUT2D eigenvalue weighted by molar-refractivity contribution is 6.27. The van der Waals surface area contributed by atoms with E-state index >= 15 is 0 Å². The summed E-state index contributed by atoms with van der Waals surface area (Å²) in [4.78, 5) is 35.2. The Morgan fingerprint density at radius 3 is 2.12 bits per heavy atom. The lowest BCUT2D eigenvalue weighted by Gasteiger charge is -2.34. The molecule has 1 heterocycles. The zero-order valence-corrected chi connectivity index (χ0v) is 18.1. The SMILES string of the molecule is COc1cccc(NC(=O)CCN2CCN(Cc3ccccc3)CC2)c1.O=C(O)C(=O)O. The van der Waals surface area contributed by atoms with Gasteiger partial charge < -0.3 is 25.2 Å². The highest BCUT2D eigenvalue weighted by atomic mass is 16.5. The number of carboxylic acids is 2. The molecule has 1 amide bonds. The topological polar surface area (TPSA) is 119 Å². The summed E-state index contributed by atoms with van der Waals surface area (Å²) < 4.78 is 5.18. The quantitative estimate of drug-likeness (QED) is 0.556. The molecule has 9 heteroatoms. The molecule has 0 unspecified atom stereocenters. The molecule has 1 aliphatic heterocycles. The van der Waals surface area contributed by atoms with Gasteiger partial charge in [0.2, 0.25) is 5.91 Å². The van der Waals surface area contributed by atoms with Crippen LogP contribution in [-0.2, 0) is 20.9 Å². The average molecular weight is 444 g/mol. The van der Waals surface area contributed by atoms with Crippen molar-refractivity contribution in [3.8, 4) is 5.75 Å². The van der Waals surface area contributed by atoms with Gasteiger partial charge in [0, 0.05) is 57.4 Å². The summed E-state index contributed by atoms with van der Waals surface area (Å²) in [6.07, 6.45) is 0.510. The monoisotopic (exact) mass is 443 g/mol. The predicted molar refractivity (Wildman–Crippen MR) is 120 cm³/mol. The Hall–Kier alpha value is -3.43. The number of carboxylic acid groups (broad SMARTS) is 2. The van der Waals surface area contributed by atoms with Gasteiger partial charge in [-0.05, 0) is 17.7 Å². The molecule has 1 fully saturated rings. The molecule has 2 aromatic carbocycles. The van der Waals surface area contributed by atoms with Crippen LogP contribution in [0.1, 0.15) is 12.0 Å². The molecule has 3 rings (SSSR count). The van der Waals surface area contributed by atoms with Gasteiger partial charge in [0.15, 0.2) is 0 Å². The van der Waals surface area contributed by atoms with Crippen molar-refractivity contribution < 1.29 is 29.3 Å². The average Bonchev–Trinajstić information content (AvgIpc) is 2.80. The Morgan fingerprint density at radius 2 is 1.53 bits per heavy atom. The van der Waals surface area contributed by atoms with Crippen LogP contribution in [0, 0.1) is 0 Å². The van der Waals surface area contributed by atoms with Crippen LogP contribution in [0.3, 0.4) is 0 Å². The van der Waals surface area contributed by atoms with Crippen LogP contribution in [0.2, 0.25) is 0 Å². The van der Waals surface area contributed by atoms with E-state index in [1.807, 2.05) is 24.3 Å². The van der Waals surface area contributed by atoms with E-state index < -0.39 is 11.9 Å². The Labute approximate surface area is 187 Å². The first-order valence-corrected chi connectivity index (χ1v) is 10.3. The lowest BCUT2D eigenvalue weighted by molar-refractivity contribution is -0.159. The first-order valence-electron chi connectivity index (χ1n) is 10.3. The number of piperazine rings is 1. The van der Waals surface area contributed by atoms with Gasteiger partial charge in [-0.3, -0.25) is 9.69 Å². The molecule has 0 spiro atoms. The van der Waals surface area contributed by atoms with Gasteiger partial charge in [0.25, 0.3) is 0 Å². The van der Waals surface area contributed by atoms with E-state index in [-0.39, 0.29) is 5.91 Å². The number of ether oxygens (including phenoxy) is 1. The minimum atomic E-state index is -1.82. The molecule has 0 aromatic heterocycles. The van der Waals surface area contributed by atoms with E-state index in [1.54, 1.807) is 7.11 Å². The summed E-state index contributed by atoms with van der Waals surface area (Å²) in [5.41, 5.74) is 2.14. The van der Waals surface area contributed by atoms with Crippen molar-refractivity contribution in [2.45, 2.75) is 13.0 Å². The maximum atomic E-state index is 12.2. The van der Waals surface area contributed by atoms with E-state index in [9.17, 15) is 4.79 Å². The standard InChI is InChI=1S/C21H27N3O2.C2H2O4/c1-26-20-9-5-8-19(16-20)22-21(25)10-11-23-12-14-24(15-13-23)17-18-6-3-2-4-7-18;3-1(4)2(5)6/h2-9,16H,10-15,17H2,1H3,(H,22,25);(H,3,4)(H,5,6). The summed E-state index contributed by atoms with van der Waals surface area (Å²) in [7, 11) is 1.62. The number of nitrogens with one attached hydrogen (secondary N) is 1. The number of aliphatic carboxylic acids is 2. The van der Waals surface area contributed by atoms with Crippen molar-refractivity contribution in [2.24, 2.45) is 0 Å². The molecule has 1 aliphatic rings. The third kappa shape index (κ3) is 9.15. The van der Waals surface area contributed by atoms with Gasteiger partial charge in [0.1, 0.15) is 5.75 Å². The zero-order valence-electron chi connectivity index (χ0n) is 18.1. The largest absolute Gasteiger partial charge is 0.497 e. The number of nitrogens with zero attached hydrogens (tertiary/aromatic N) is 2. The number of amides is 1. The number of anilines is 1. The van der Waals surface area contributed by atoms with E-state index in [1.165, 1.54) is 5.56 Å². The summed E-state index contributed by atoms with van der Waals surface area (Å²) >= 11 is 0. The summed E-state index contributed by atoms with van der Waals surface area (Å²) in [6.45, 7) is 5.93. The number of rotatable bonds is 7. The fourth-order valence-corrected chi connectivity index (χ4v) is 3.20. The lowest BCUT2D eigenvalue weighted by atomic mass is 10.2. The van der Waals surface area contributed by atoms with Crippen molar-refractivity contribution in [1.82, 2.24) is 9.80 Å². The second-order valence-corrected chi connectivity index (χ2v) is 7.24. The van der Waals surface area contributed by atoms with Gasteiger partial charge in [0.05, 0.1) is 7.11 Å². The summed E-state index contributed by atoms with van der Waals surface area (Å²) in [5.74, 6) is -2.85. The number of hydrogen-bond donors (Lipinski definition) is 3. The number of carbonyl (C=O) groups excluding carboxylic acids is 1. The smallest absolute Gasteiger partial charge is 0.414 e. The lowest BCUT2D eigenvalue weighted by Crippen LogP contribution is -2.46. The van der Waals surface area contributed by atoms with Crippen LogP contribution in [0.4, 0.5) is 5.69 Å². The van der Waals surface area contributed by atoms with Crippen molar-refractivity contribution in [3.05, 3.63) is 60.2 Å². The number of methoxy groups -OCH3 is 1. The molecular weight excluding hydrogens is 414 g/mol. The third-order valence-electron chi connectivity index (χ3n) is 4.91. The normalized spacial score (nSPS) is 14.0. The summed E-state index contributed by atoms with van der Waals surface area (Å²) in [5, 5.41) is 17.7. The van der Waals surface area contributed by atoms with Gasteiger partial charge in [-0.15, -0.1) is 0 Å². The summed E-state index contributed by atoms with van der Waals surface area (Å²) in [6, 6.07) is 18.0. The van der Waals surface area contributed by atoms with Crippen LogP contribution < -0.4 is 10.1 Å². The number of benzene rings is 2. The molecular formula is C23H29N3O6. The second-order valence-electron chi connectivity index (χ2n) is 7.24. The first-order chi connectivity index (χ1) is 15.4. The van der Waals surface area contributed by atoms with Crippen LogP contribution >= 0.6 is 0 Å². The zero-order chi connectivity index (χ0) is 23.3. The third-order valence-corrected chi connectivity index (χ3v) is 4.91. The van der Waals surface area contributed by atoms with Crippen LogP contribution in [0.5, 0.6) is 5.75 Å². The molecule has 0 bridgehead atoms. The molecule has 2 aromatic rings. The Balaban J connectivity index is 0.000000534. The molecule has 0 saturated carbocycles. The van der Waals surface area contributed by atoms with Crippen molar-refractivity contribution in [1.29, 1.82) is 0 Å². The Morgan fingerprint density at radius 1 is 0.906 bits per heavy atom. The minimum Gasteiger partial charge on any atom is -0.497 e. The Kier molecular flexibility index (Phi) is 10.2. The van der Waals surface area contributed by atoms with Crippen molar-refractivity contribution in [2.75, 3.05) is 45.2 Å². The van der Waals surface area contributed by atoms with Crippen LogP contribution in [0.25, 0.3) is 0 Å². The van der Waals surface area contributed by atoms with Crippen LogP contribution in [0.15, 0.2) is 54.6 Å². The van der Waals surface area contributed by atoms with Crippen molar-refractivity contribution >= 4 is 23.5 Å². The minimum absolute atomic E-state index is 0.0463. The fourth-order valence-electron chi connectivity index (χ4n) is 3.20. The van der Waals surface area contributed by atoms with Crippen molar-refractivity contribution in [3.63, 3.8) is 0 Å². The maximum absolute atomic E-state index is 12.2. The molecule has 32 heavy (non-hydrogen) atoms. The number of hydrogen-bond acceptors (Lipinski definition) is 6. The van der Waals surface area contributed by atoms with E-state index in [4.69, 9.17) is 24.5 Å². The molecule has 3 N–H and O–H groups in total. The van der Waals surface area contributed by atoms with Crippen LogP contribution in [-0.4, -0.2) is 77.7 Å². The Bertz CT molecular complexity index is 870. The predicted octanol–water partition coefficient (Wildman–Crippen LogP) is 2.00. The van der Waals surface area contributed by atoms with E-state index in [2.05, 4.69) is 45.4 Å². The molecule has 9 nitrogen and oxygen atoms in total. The molecule has 1 saturated heterocycles. The van der Waals surface area contributed by atoms with Gasteiger partial charge in [-0.25, -0.2) is 9.59 Å². The highest BCUT2D eigenvalue weighted by Gasteiger charge is 2.17. The van der Waals surface area contributed by atoms with E-state index in [0.29, 0.717) is 6.42 Å². The van der Waals surface area contributed by atoms with Gasteiger partial charge >= 0.3 is 11.9 Å². The molecule has 0 atom stereocenters. The number of carbonyl (C=O) groups is 3.